The molecule has 0 aliphatic heterocycles. The second-order valence-corrected chi connectivity index (χ2v) is 6.46. The molecule has 1 rings (SSSR count). The van der Waals surface area contributed by atoms with Crippen molar-refractivity contribution in [3.8, 4) is 0 Å². The van der Waals surface area contributed by atoms with Crippen molar-refractivity contribution in [2.75, 3.05) is 0 Å². The highest BCUT2D eigenvalue weighted by Crippen LogP contribution is 2.16. The van der Waals surface area contributed by atoms with E-state index in [1.807, 2.05) is 6.92 Å². The Morgan fingerprint density at radius 3 is 2.37 bits per heavy atom. The summed E-state index contributed by atoms with van der Waals surface area (Å²) in [6, 6.07) is 8.66. The number of hydrogen-bond acceptors (Lipinski definition) is 3. The minimum Gasteiger partial charge on any atom is -0.480 e. The van der Waals surface area contributed by atoms with Crippen LogP contribution >= 0.6 is 0 Å². The molecular formula is C13H19NO4S. The van der Waals surface area contributed by atoms with Gasteiger partial charge in [0.1, 0.15) is 5.54 Å². The molecule has 1 atom stereocenters. The lowest BCUT2D eigenvalue weighted by Gasteiger charge is -2.25. The summed E-state index contributed by atoms with van der Waals surface area (Å²) in [6.45, 7) is 3.20. The third-order valence-corrected chi connectivity index (χ3v) is 4.28. The number of nitrogens with one attached hydrogen (secondary N) is 1. The average Bonchev–Trinajstić information content (AvgIpc) is 2.28. The minimum atomic E-state index is -3.69. The molecule has 1 aromatic carbocycles. The number of rotatable bonds is 7. The predicted molar refractivity (Wildman–Crippen MR) is 73.2 cm³/mol. The van der Waals surface area contributed by atoms with Gasteiger partial charge in [-0.05, 0) is 18.9 Å². The largest absolute Gasteiger partial charge is 0.480 e. The van der Waals surface area contributed by atoms with Gasteiger partial charge in [0.25, 0.3) is 0 Å². The molecule has 0 heterocycles. The van der Waals surface area contributed by atoms with Crippen molar-refractivity contribution < 1.29 is 18.3 Å². The molecule has 0 spiro atoms. The first-order valence-corrected chi connectivity index (χ1v) is 7.73. The molecule has 2 N–H and O–H groups in total. The maximum Gasteiger partial charge on any atom is 0.324 e. The lowest BCUT2D eigenvalue weighted by Crippen LogP contribution is -2.52. The van der Waals surface area contributed by atoms with Gasteiger partial charge in [0.05, 0.1) is 5.75 Å². The van der Waals surface area contributed by atoms with Crippen LogP contribution in [0.25, 0.3) is 0 Å². The Bertz CT molecular complexity index is 527. The van der Waals surface area contributed by atoms with Gasteiger partial charge >= 0.3 is 5.97 Å². The van der Waals surface area contributed by atoms with Gasteiger partial charge in [-0.15, -0.1) is 0 Å². The van der Waals surface area contributed by atoms with E-state index in [4.69, 9.17) is 5.11 Å². The summed E-state index contributed by atoms with van der Waals surface area (Å²) in [5, 5.41) is 9.17. The highest BCUT2D eigenvalue weighted by Gasteiger charge is 2.36. The molecule has 1 aromatic rings. The maximum atomic E-state index is 12.0. The fourth-order valence-electron chi connectivity index (χ4n) is 1.87. The van der Waals surface area contributed by atoms with Crippen molar-refractivity contribution in [3.63, 3.8) is 0 Å². The first kappa shape index (κ1) is 15.7. The quantitative estimate of drug-likeness (QED) is 0.799. The van der Waals surface area contributed by atoms with Crippen LogP contribution in [0.15, 0.2) is 30.3 Å². The molecule has 0 saturated carbocycles. The fraction of sp³-hybridized carbons (Fsp3) is 0.462. The number of aliphatic carboxylic acids is 1. The summed E-state index contributed by atoms with van der Waals surface area (Å²) in [5.41, 5.74) is -0.832. The standard InChI is InChI=1S/C13H19NO4S/c1-3-9-13(2,12(15)16)14-19(17,18)10-11-7-5-4-6-8-11/h4-8,14H,3,9-10H2,1-2H3,(H,15,16). The summed E-state index contributed by atoms with van der Waals surface area (Å²) < 4.78 is 26.3. The Labute approximate surface area is 113 Å². The van der Waals surface area contributed by atoms with Gasteiger partial charge in [-0.3, -0.25) is 4.79 Å². The molecule has 6 heteroatoms. The van der Waals surface area contributed by atoms with E-state index >= 15 is 0 Å². The first-order chi connectivity index (χ1) is 8.79. The number of hydrogen-bond donors (Lipinski definition) is 2. The van der Waals surface area contributed by atoms with Gasteiger partial charge in [-0.25, -0.2) is 8.42 Å². The van der Waals surface area contributed by atoms with Crippen LogP contribution in [-0.4, -0.2) is 25.0 Å². The molecule has 0 bridgehead atoms. The maximum absolute atomic E-state index is 12.0. The van der Waals surface area contributed by atoms with E-state index in [0.717, 1.165) is 0 Å². The number of sulfonamides is 1. The molecule has 0 fully saturated rings. The van der Waals surface area contributed by atoms with E-state index in [2.05, 4.69) is 4.72 Å². The van der Waals surface area contributed by atoms with Crippen molar-refractivity contribution in [2.24, 2.45) is 0 Å². The molecular weight excluding hydrogens is 266 g/mol. The third kappa shape index (κ3) is 4.65. The second-order valence-electron chi connectivity index (χ2n) is 4.73. The third-order valence-electron chi connectivity index (χ3n) is 2.80. The molecule has 0 saturated heterocycles. The molecule has 1 unspecified atom stereocenters. The smallest absolute Gasteiger partial charge is 0.324 e. The normalized spacial score (nSPS) is 14.8. The lowest BCUT2D eigenvalue weighted by molar-refractivity contribution is -0.143. The predicted octanol–water partition coefficient (Wildman–Crippen LogP) is 1.75. The van der Waals surface area contributed by atoms with Crippen LogP contribution in [0.2, 0.25) is 0 Å². The Balaban J connectivity index is 2.86. The zero-order chi connectivity index (χ0) is 14.5. The van der Waals surface area contributed by atoms with Crippen LogP contribution in [0.3, 0.4) is 0 Å². The van der Waals surface area contributed by atoms with Gasteiger partial charge < -0.3 is 5.11 Å². The lowest BCUT2D eigenvalue weighted by atomic mass is 9.98. The molecule has 0 amide bonds. The Morgan fingerprint density at radius 2 is 1.89 bits per heavy atom. The SMILES string of the molecule is CCCC(C)(NS(=O)(=O)Cc1ccccc1)C(=O)O. The Kier molecular flexibility index (Phi) is 5.08. The monoisotopic (exact) mass is 285 g/mol. The number of benzene rings is 1. The van der Waals surface area contributed by atoms with Gasteiger partial charge in [0.2, 0.25) is 10.0 Å². The van der Waals surface area contributed by atoms with Crippen molar-refractivity contribution in [2.45, 2.75) is 38.0 Å². The summed E-state index contributed by atoms with van der Waals surface area (Å²) >= 11 is 0. The molecule has 106 valence electrons. The Morgan fingerprint density at radius 1 is 1.32 bits per heavy atom. The van der Waals surface area contributed by atoms with Gasteiger partial charge in [0, 0.05) is 0 Å². The molecule has 0 aliphatic rings. The molecule has 0 aliphatic carbocycles. The number of carboxylic acids is 1. The summed E-state index contributed by atoms with van der Waals surface area (Å²) in [7, 11) is -3.69. The van der Waals surface area contributed by atoms with Crippen molar-refractivity contribution in [1.29, 1.82) is 0 Å². The van der Waals surface area contributed by atoms with Gasteiger partial charge in [-0.2, -0.15) is 4.72 Å². The highest BCUT2D eigenvalue weighted by atomic mass is 32.2. The molecule has 0 radical (unpaired) electrons. The zero-order valence-electron chi connectivity index (χ0n) is 11.1. The van der Waals surface area contributed by atoms with Crippen molar-refractivity contribution in [1.82, 2.24) is 4.72 Å². The Hall–Kier alpha value is -1.40. The van der Waals surface area contributed by atoms with Crippen molar-refractivity contribution in [3.05, 3.63) is 35.9 Å². The van der Waals surface area contributed by atoms with Crippen molar-refractivity contribution >= 4 is 16.0 Å². The first-order valence-electron chi connectivity index (χ1n) is 6.08. The van der Waals surface area contributed by atoms with Gasteiger partial charge in [-0.1, -0.05) is 43.7 Å². The molecule has 0 aromatic heterocycles. The van der Waals surface area contributed by atoms with Crippen LogP contribution in [0.1, 0.15) is 32.3 Å². The second kappa shape index (κ2) is 6.16. The van der Waals surface area contributed by atoms with E-state index in [9.17, 15) is 13.2 Å². The van der Waals surface area contributed by atoms with Gasteiger partial charge in [0.15, 0.2) is 0 Å². The summed E-state index contributed by atoms with van der Waals surface area (Å²) in [6.07, 6.45) is 0.826. The summed E-state index contributed by atoms with van der Waals surface area (Å²) in [4.78, 5) is 11.2. The number of carbonyl (C=O) groups is 1. The van der Waals surface area contributed by atoms with E-state index in [-0.39, 0.29) is 12.2 Å². The minimum absolute atomic E-state index is 0.222. The highest BCUT2D eigenvalue weighted by molar-refractivity contribution is 7.88. The van der Waals surface area contributed by atoms with E-state index in [1.165, 1.54) is 6.92 Å². The van der Waals surface area contributed by atoms with Crippen LogP contribution in [0.4, 0.5) is 0 Å². The fourth-order valence-corrected chi connectivity index (χ4v) is 3.45. The zero-order valence-corrected chi connectivity index (χ0v) is 11.9. The van der Waals surface area contributed by atoms with Crippen LogP contribution in [0.5, 0.6) is 0 Å². The van der Waals surface area contributed by atoms with E-state index in [1.54, 1.807) is 30.3 Å². The van der Waals surface area contributed by atoms with E-state index < -0.39 is 21.5 Å². The van der Waals surface area contributed by atoms with Crippen LogP contribution in [-0.2, 0) is 20.6 Å². The number of carboxylic acid groups (broad SMARTS) is 1. The molecule has 19 heavy (non-hydrogen) atoms. The van der Waals surface area contributed by atoms with E-state index in [0.29, 0.717) is 12.0 Å². The topological polar surface area (TPSA) is 83.5 Å². The molecule has 5 nitrogen and oxygen atoms in total. The summed E-state index contributed by atoms with van der Waals surface area (Å²) in [5.74, 6) is -1.38. The average molecular weight is 285 g/mol. The van der Waals surface area contributed by atoms with Crippen LogP contribution < -0.4 is 4.72 Å². The van der Waals surface area contributed by atoms with Crippen LogP contribution in [0, 0.1) is 0 Å².